The van der Waals surface area contributed by atoms with Gasteiger partial charge in [-0.1, -0.05) is 6.07 Å². The maximum atomic E-state index is 12.5. The van der Waals surface area contributed by atoms with Crippen molar-refractivity contribution in [3.05, 3.63) is 54.1 Å². The summed E-state index contributed by atoms with van der Waals surface area (Å²) in [4.78, 5) is 33.4. The molecular weight excluding hydrogens is 320 g/mol. The highest BCUT2D eigenvalue weighted by molar-refractivity contribution is 5.91. The Morgan fingerprint density at radius 1 is 1.32 bits per heavy atom. The number of hydrogen-bond donors (Lipinski definition) is 1. The van der Waals surface area contributed by atoms with Crippen molar-refractivity contribution in [3.8, 4) is 5.75 Å². The van der Waals surface area contributed by atoms with Crippen LogP contribution in [0.2, 0.25) is 0 Å². The fourth-order valence-corrected chi connectivity index (χ4v) is 2.86. The molecule has 1 aliphatic rings. The molecule has 1 unspecified atom stereocenters. The van der Waals surface area contributed by atoms with Gasteiger partial charge in [0, 0.05) is 31.2 Å². The Balaban J connectivity index is 1.60. The highest BCUT2D eigenvalue weighted by atomic mass is 16.5. The van der Waals surface area contributed by atoms with Crippen LogP contribution in [0, 0.1) is 0 Å². The van der Waals surface area contributed by atoms with Crippen molar-refractivity contribution < 1.29 is 14.3 Å². The number of rotatable bonds is 5. The van der Waals surface area contributed by atoms with Gasteiger partial charge in [0.1, 0.15) is 17.5 Å². The first kappa shape index (κ1) is 16.9. The van der Waals surface area contributed by atoms with Crippen molar-refractivity contribution in [3.63, 3.8) is 0 Å². The van der Waals surface area contributed by atoms with Gasteiger partial charge in [-0.25, -0.2) is 0 Å². The number of pyridine rings is 2. The van der Waals surface area contributed by atoms with Crippen LogP contribution in [0.4, 0.5) is 0 Å². The molecule has 0 aromatic carbocycles. The van der Waals surface area contributed by atoms with E-state index < -0.39 is 5.91 Å². The van der Waals surface area contributed by atoms with Crippen molar-refractivity contribution in [2.75, 3.05) is 13.1 Å². The van der Waals surface area contributed by atoms with Crippen LogP contribution in [-0.4, -0.2) is 45.9 Å². The van der Waals surface area contributed by atoms with Crippen LogP contribution < -0.4 is 10.5 Å². The highest BCUT2D eigenvalue weighted by Gasteiger charge is 2.25. The predicted molar refractivity (Wildman–Crippen MR) is 90.9 cm³/mol. The topological polar surface area (TPSA) is 98.4 Å². The summed E-state index contributed by atoms with van der Waals surface area (Å²) in [6.45, 7) is 1.25. The van der Waals surface area contributed by atoms with Crippen LogP contribution in [0.1, 0.15) is 28.9 Å². The van der Waals surface area contributed by atoms with Crippen LogP contribution in [0.5, 0.6) is 5.75 Å². The lowest BCUT2D eigenvalue weighted by Crippen LogP contribution is -2.45. The van der Waals surface area contributed by atoms with Gasteiger partial charge in [-0.15, -0.1) is 0 Å². The summed E-state index contributed by atoms with van der Waals surface area (Å²) in [6.07, 6.45) is 6.83. The molecule has 2 aromatic rings. The lowest BCUT2D eigenvalue weighted by Gasteiger charge is -2.33. The summed E-state index contributed by atoms with van der Waals surface area (Å²) in [5.41, 5.74) is 6.30. The van der Waals surface area contributed by atoms with Crippen molar-refractivity contribution in [1.29, 1.82) is 0 Å². The summed E-state index contributed by atoms with van der Waals surface area (Å²) in [7, 11) is 0. The largest absolute Gasteiger partial charge is 0.488 e. The molecule has 3 heterocycles. The Kier molecular flexibility index (Phi) is 5.23. The quantitative estimate of drug-likeness (QED) is 0.881. The number of nitrogens with zero attached hydrogens (tertiary/aromatic N) is 3. The second-order valence-electron chi connectivity index (χ2n) is 6.00. The molecule has 1 atom stereocenters. The van der Waals surface area contributed by atoms with E-state index in [1.165, 1.54) is 12.3 Å². The summed E-state index contributed by atoms with van der Waals surface area (Å²) in [6, 6.07) is 6.93. The molecule has 2 amide bonds. The lowest BCUT2D eigenvalue weighted by molar-refractivity contribution is -0.133. The second kappa shape index (κ2) is 7.74. The van der Waals surface area contributed by atoms with Crippen molar-refractivity contribution in [1.82, 2.24) is 14.9 Å². The zero-order chi connectivity index (χ0) is 17.6. The van der Waals surface area contributed by atoms with Crippen molar-refractivity contribution in [2.45, 2.75) is 25.4 Å². The molecule has 0 aliphatic carbocycles. The van der Waals surface area contributed by atoms with Gasteiger partial charge >= 0.3 is 0 Å². The van der Waals surface area contributed by atoms with Gasteiger partial charge in [0.25, 0.3) is 5.91 Å². The third kappa shape index (κ3) is 4.53. The molecule has 0 spiro atoms. The second-order valence-corrected chi connectivity index (χ2v) is 6.00. The Morgan fingerprint density at radius 2 is 2.20 bits per heavy atom. The number of nitrogens with two attached hydrogens (primary N) is 1. The zero-order valence-corrected chi connectivity index (χ0v) is 13.8. The van der Waals surface area contributed by atoms with Crippen molar-refractivity contribution in [2.24, 2.45) is 5.73 Å². The zero-order valence-electron chi connectivity index (χ0n) is 13.8. The predicted octanol–water partition coefficient (Wildman–Crippen LogP) is 1.19. The maximum absolute atomic E-state index is 12.5. The number of carbonyl (C=O) groups excluding carboxylic acids is 2. The summed E-state index contributed by atoms with van der Waals surface area (Å²) in [5.74, 6) is 0.00609. The van der Waals surface area contributed by atoms with E-state index in [-0.39, 0.29) is 17.7 Å². The van der Waals surface area contributed by atoms with Crippen molar-refractivity contribution >= 4 is 11.8 Å². The number of ether oxygens (including phenoxy) is 1. The molecule has 0 saturated carbocycles. The fraction of sp³-hybridized carbons (Fsp3) is 0.333. The molecule has 1 saturated heterocycles. The molecular formula is C18H20N4O3. The van der Waals surface area contributed by atoms with Gasteiger partial charge < -0.3 is 15.4 Å². The maximum Gasteiger partial charge on any atom is 0.267 e. The van der Waals surface area contributed by atoms with Gasteiger partial charge in [-0.3, -0.25) is 19.6 Å². The molecule has 1 fully saturated rings. The van der Waals surface area contributed by atoms with E-state index in [0.29, 0.717) is 18.7 Å². The lowest BCUT2D eigenvalue weighted by atomic mass is 10.1. The van der Waals surface area contributed by atoms with Crippen LogP contribution in [0.3, 0.4) is 0 Å². The van der Waals surface area contributed by atoms with Gasteiger partial charge in [0.15, 0.2) is 0 Å². The Morgan fingerprint density at radius 3 is 2.96 bits per heavy atom. The van der Waals surface area contributed by atoms with E-state index in [2.05, 4.69) is 9.97 Å². The number of aromatic nitrogens is 2. The number of likely N-dealkylation sites (tertiary alicyclic amines) is 1. The molecule has 0 radical (unpaired) electrons. The average molecular weight is 340 g/mol. The molecule has 2 aromatic heterocycles. The third-order valence-electron chi connectivity index (χ3n) is 4.10. The van der Waals surface area contributed by atoms with E-state index in [1.54, 1.807) is 18.5 Å². The molecule has 25 heavy (non-hydrogen) atoms. The molecule has 2 N–H and O–H groups in total. The minimum absolute atomic E-state index is 0.0638. The first-order chi connectivity index (χ1) is 12.1. The smallest absolute Gasteiger partial charge is 0.267 e. The first-order valence-corrected chi connectivity index (χ1v) is 8.21. The van der Waals surface area contributed by atoms with E-state index in [1.807, 2.05) is 17.0 Å². The van der Waals surface area contributed by atoms with Gasteiger partial charge in [0.05, 0.1) is 13.0 Å². The first-order valence-electron chi connectivity index (χ1n) is 8.21. The van der Waals surface area contributed by atoms with Crippen LogP contribution in [0.15, 0.2) is 42.9 Å². The fourth-order valence-electron chi connectivity index (χ4n) is 2.86. The summed E-state index contributed by atoms with van der Waals surface area (Å²) >= 11 is 0. The SMILES string of the molecule is NC(=O)c1cc(OC2CCCN(C(=O)Cc3cccnc3)C2)ccn1. The number of hydrogen-bond acceptors (Lipinski definition) is 5. The number of primary amides is 1. The monoisotopic (exact) mass is 340 g/mol. The van der Waals surface area contributed by atoms with E-state index >= 15 is 0 Å². The molecule has 130 valence electrons. The Hall–Kier alpha value is -2.96. The van der Waals surface area contributed by atoms with Gasteiger partial charge in [-0.2, -0.15) is 0 Å². The number of piperidine rings is 1. The summed E-state index contributed by atoms with van der Waals surface area (Å²) in [5, 5.41) is 0. The minimum Gasteiger partial charge on any atom is -0.488 e. The highest BCUT2D eigenvalue weighted by Crippen LogP contribution is 2.19. The standard InChI is InChI=1S/C18H20N4O3/c19-18(24)16-10-14(5-7-21-16)25-15-4-2-8-22(12-15)17(23)9-13-3-1-6-20-11-13/h1,3,5-7,10-11,15H,2,4,8-9,12H2,(H2,19,24). The van der Waals surface area contributed by atoms with E-state index in [0.717, 1.165) is 24.9 Å². The Bertz CT molecular complexity index is 751. The average Bonchev–Trinajstić information content (AvgIpc) is 2.63. The van der Waals surface area contributed by atoms with E-state index in [4.69, 9.17) is 10.5 Å². The van der Waals surface area contributed by atoms with Gasteiger partial charge in [-0.05, 0) is 30.5 Å². The van der Waals surface area contributed by atoms with Crippen LogP contribution in [0.25, 0.3) is 0 Å². The minimum atomic E-state index is -0.595. The normalized spacial score (nSPS) is 17.1. The molecule has 0 bridgehead atoms. The van der Waals surface area contributed by atoms with Gasteiger partial charge in [0.2, 0.25) is 5.91 Å². The van der Waals surface area contributed by atoms with Crippen LogP contribution in [-0.2, 0) is 11.2 Å². The summed E-state index contributed by atoms with van der Waals surface area (Å²) < 4.78 is 5.92. The van der Waals surface area contributed by atoms with E-state index in [9.17, 15) is 9.59 Å². The number of amides is 2. The number of carbonyl (C=O) groups is 2. The molecule has 1 aliphatic heterocycles. The Labute approximate surface area is 145 Å². The molecule has 3 rings (SSSR count). The molecule has 7 heteroatoms. The molecule has 7 nitrogen and oxygen atoms in total. The third-order valence-corrected chi connectivity index (χ3v) is 4.10. The van der Waals surface area contributed by atoms with Crippen LogP contribution >= 0.6 is 0 Å².